The Bertz CT molecular complexity index is 2630. The average Bonchev–Trinajstić information content (AvgIpc) is 3.55. The molecule has 1 heterocycles. The van der Waals surface area contributed by atoms with Crippen molar-refractivity contribution in [2.45, 2.75) is 6.92 Å². The van der Waals surface area contributed by atoms with Crippen LogP contribution in [0.5, 0.6) is 0 Å². The standard InChI is InChI=1S/C49H35NO/c1-34-45-20-7-8-23-48(45)51-49(34)42-18-9-16-40(32-42)38-26-24-36(25-27-38)37-28-30-43(31-29-37)50(47-22-11-15-39-14-5-6-21-46(39)47)44-19-10-17-41(33-44)35-12-3-2-4-13-35/h2-33H,1H3. The highest BCUT2D eigenvalue weighted by Crippen LogP contribution is 2.41. The first kappa shape index (κ1) is 30.4. The van der Waals surface area contributed by atoms with Gasteiger partial charge in [-0.15, -0.1) is 0 Å². The lowest BCUT2D eigenvalue weighted by Crippen LogP contribution is -2.10. The van der Waals surface area contributed by atoms with Crippen LogP contribution in [0.15, 0.2) is 199 Å². The minimum atomic E-state index is 0.923. The predicted octanol–water partition coefficient (Wildman–Crippen LogP) is 14.0. The quantitative estimate of drug-likeness (QED) is 0.170. The Labute approximate surface area is 298 Å². The molecule has 0 bridgehead atoms. The lowest BCUT2D eigenvalue weighted by Gasteiger charge is -2.27. The topological polar surface area (TPSA) is 16.4 Å². The van der Waals surface area contributed by atoms with Crippen molar-refractivity contribution in [1.29, 1.82) is 0 Å². The summed E-state index contributed by atoms with van der Waals surface area (Å²) in [5.74, 6) is 0.930. The molecule has 0 spiro atoms. The lowest BCUT2D eigenvalue weighted by molar-refractivity contribution is 0.629. The number of aryl methyl sites for hydroxylation is 1. The van der Waals surface area contributed by atoms with Crippen molar-refractivity contribution in [2.24, 2.45) is 0 Å². The summed E-state index contributed by atoms with van der Waals surface area (Å²) in [6, 6.07) is 69.2. The summed E-state index contributed by atoms with van der Waals surface area (Å²) in [6.07, 6.45) is 0. The highest BCUT2D eigenvalue weighted by Gasteiger charge is 2.17. The summed E-state index contributed by atoms with van der Waals surface area (Å²) in [4.78, 5) is 2.37. The van der Waals surface area contributed by atoms with Gasteiger partial charge in [-0.2, -0.15) is 0 Å². The molecular formula is C49H35NO. The number of hydrogen-bond acceptors (Lipinski definition) is 2. The fourth-order valence-corrected chi connectivity index (χ4v) is 7.23. The van der Waals surface area contributed by atoms with E-state index in [4.69, 9.17) is 4.42 Å². The molecule has 2 heteroatoms. The van der Waals surface area contributed by atoms with Gasteiger partial charge in [-0.05, 0) is 88.2 Å². The summed E-state index contributed by atoms with van der Waals surface area (Å²) in [5, 5.41) is 3.59. The summed E-state index contributed by atoms with van der Waals surface area (Å²) < 4.78 is 6.28. The summed E-state index contributed by atoms with van der Waals surface area (Å²) >= 11 is 0. The van der Waals surface area contributed by atoms with Crippen molar-refractivity contribution >= 4 is 38.8 Å². The zero-order valence-corrected chi connectivity index (χ0v) is 28.3. The van der Waals surface area contributed by atoms with Crippen molar-refractivity contribution in [1.82, 2.24) is 0 Å². The van der Waals surface area contributed by atoms with E-state index in [9.17, 15) is 0 Å². The van der Waals surface area contributed by atoms with Gasteiger partial charge >= 0.3 is 0 Å². The molecule has 0 saturated heterocycles. The van der Waals surface area contributed by atoms with E-state index in [0.29, 0.717) is 0 Å². The smallest absolute Gasteiger partial charge is 0.138 e. The first-order valence-corrected chi connectivity index (χ1v) is 17.4. The molecule has 0 saturated carbocycles. The Kier molecular flexibility index (Phi) is 7.75. The Hall–Kier alpha value is -6.64. The largest absolute Gasteiger partial charge is 0.456 e. The Balaban J connectivity index is 1.05. The Morgan fingerprint density at radius 3 is 1.67 bits per heavy atom. The van der Waals surface area contributed by atoms with E-state index in [1.807, 2.05) is 12.1 Å². The van der Waals surface area contributed by atoms with Crippen LogP contribution in [0, 0.1) is 6.92 Å². The molecule has 0 unspecified atom stereocenters. The summed E-state index contributed by atoms with van der Waals surface area (Å²) in [6.45, 7) is 2.14. The van der Waals surface area contributed by atoms with Gasteiger partial charge in [0.05, 0.1) is 5.69 Å². The van der Waals surface area contributed by atoms with Crippen LogP contribution in [0.1, 0.15) is 5.56 Å². The minimum absolute atomic E-state index is 0.923. The molecule has 51 heavy (non-hydrogen) atoms. The molecule has 0 atom stereocenters. The number of furan rings is 1. The Morgan fingerprint density at radius 1 is 0.373 bits per heavy atom. The second-order valence-corrected chi connectivity index (χ2v) is 13.0. The molecule has 0 aliphatic carbocycles. The van der Waals surface area contributed by atoms with Crippen LogP contribution in [0.2, 0.25) is 0 Å². The molecule has 0 N–H and O–H groups in total. The molecule has 0 radical (unpaired) electrons. The third kappa shape index (κ3) is 5.77. The van der Waals surface area contributed by atoms with Gasteiger partial charge in [-0.25, -0.2) is 0 Å². The van der Waals surface area contributed by atoms with Crippen molar-refractivity contribution in [3.8, 4) is 44.7 Å². The maximum absolute atomic E-state index is 6.28. The van der Waals surface area contributed by atoms with E-state index >= 15 is 0 Å². The second-order valence-electron chi connectivity index (χ2n) is 13.0. The van der Waals surface area contributed by atoms with Crippen LogP contribution in [-0.4, -0.2) is 0 Å². The lowest BCUT2D eigenvalue weighted by atomic mass is 9.97. The first-order chi connectivity index (χ1) is 25.2. The summed E-state index contributed by atoms with van der Waals surface area (Å²) in [5.41, 5.74) is 13.6. The molecule has 0 aliphatic heterocycles. The van der Waals surface area contributed by atoms with Gasteiger partial charge in [0.1, 0.15) is 11.3 Å². The van der Waals surface area contributed by atoms with Crippen molar-refractivity contribution in [2.75, 3.05) is 4.90 Å². The van der Waals surface area contributed by atoms with E-state index in [1.54, 1.807) is 0 Å². The van der Waals surface area contributed by atoms with Gasteiger partial charge in [-0.3, -0.25) is 0 Å². The van der Waals surface area contributed by atoms with E-state index in [0.717, 1.165) is 44.9 Å². The molecule has 2 nitrogen and oxygen atoms in total. The van der Waals surface area contributed by atoms with Gasteiger partial charge in [0.15, 0.2) is 0 Å². The van der Waals surface area contributed by atoms with Gasteiger partial charge in [0.25, 0.3) is 0 Å². The van der Waals surface area contributed by atoms with Crippen molar-refractivity contribution in [3.05, 3.63) is 200 Å². The monoisotopic (exact) mass is 653 g/mol. The average molecular weight is 654 g/mol. The zero-order chi connectivity index (χ0) is 34.1. The molecule has 1 aromatic heterocycles. The highest BCUT2D eigenvalue weighted by molar-refractivity contribution is 5.99. The molecular weight excluding hydrogens is 619 g/mol. The normalized spacial score (nSPS) is 11.2. The van der Waals surface area contributed by atoms with Crippen LogP contribution in [0.25, 0.3) is 66.4 Å². The third-order valence-corrected chi connectivity index (χ3v) is 9.86. The van der Waals surface area contributed by atoms with Gasteiger partial charge in [0, 0.05) is 33.3 Å². The number of hydrogen-bond donors (Lipinski definition) is 0. The second kappa shape index (κ2) is 13.0. The molecule has 0 aliphatic rings. The predicted molar refractivity (Wildman–Crippen MR) is 215 cm³/mol. The number of nitrogens with zero attached hydrogens (tertiary/aromatic N) is 1. The van der Waals surface area contributed by atoms with Gasteiger partial charge in [0.2, 0.25) is 0 Å². The maximum atomic E-state index is 6.28. The SMILES string of the molecule is Cc1c(-c2cccc(-c3ccc(-c4ccc(N(c5cccc(-c6ccccc6)c5)c5cccc6ccccc56)cc4)cc3)c2)oc2ccccc12. The molecule has 9 aromatic rings. The Morgan fingerprint density at radius 2 is 0.902 bits per heavy atom. The molecule has 0 fully saturated rings. The van der Waals surface area contributed by atoms with E-state index in [-0.39, 0.29) is 0 Å². The molecule has 0 amide bonds. The number of anilines is 3. The zero-order valence-electron chi connectivity index (χ0n) is 28.3. The molecule has 242 valence electrons. The fourth-order valence-electron chi connectivity index (χ4n) is 7.23. The molecule has 9 rings (SSSR count). The van der Waals surface area contributed by atoms with E-state index in [1.165, 1.54) is 44.2 Å². The number of benzene rings is 8. The van der Waals surface area contributed by atoms with Crippen LogP contribution < -0.4 is 4.90 Å². The maximum Gasteiger partial charge on any atom is 0.138 e. The van der Waals surface area contributed by atoms with Gasteiger partial charge in [-0.1, -0.05) is 152 Å². The molecule has 8 aromatic carbocycles. The van der Waals surface area contributed by atoms with Crippen LogP contribution in [0.3, 0.4) is 0 Å². The van der Waals surface area contributed by atoms with Crippen LogP contribution >= 0.6 is 0 Å². The number of fused-ring (bicyclic) bond motifs is 2. The summed E-state index contributed by atoms with van der Waals surface area (Å²) in [7, 11) is 0. The van der Waals surface area contributed by atoms with Gasteiger partial charge < -0.3 is 9.32 Å². The van der Waals surface area contributed by atoms with E-state index < -0.39 is 0 Å². The van der Waals surface area contributed by atoms with Crippen LogP contribution in [-0.2, 0) is 0 Å². The van der Waals surface area contributed by atoms with E-state index in [2.05, 4.69) is 194 Å². The highest BCUT2D eigenvalue weighted by atomic mass is 16.3. The number of para-hydroxylation sites is 1. The van der Waals surface area contributed by atoms with Crippen molar-refractivity contribution < 1.29 is 4.42 Å². The third-order valence-electron chi connectivity index (χ3n) is 9.86. The fraction of sp³-hybridized carbons (Fsp3) is 0.0204. The number of rotatable bonds is 7. The minimum Gasteiger partial charge on any atom is -0.456 e. The van der Waals surface area contributed by atoms with Crippen LogP contribution in [0.4, 0.5) is 17.1 Å². The van der Waals surface area contributed by atoms with Crippen molar-refractivity contribution in [3.63, 3.8) is 0 Å². The first-order valence-electron chi connectivity index (χ1n) is 17.4.